The maximum atomic E-state index is 13.3. The Hall–Kier alpha value is -3.75. The van der Waals surface area contributed by atoms with Gasteiger partial charge in [0.1, 0.15) is 0 Å². The molecule has 5 heterocycles. The first-order valence-electron chi connectivity index (χ1n) is 10.4. The summed E-state index contributed by atoms with van der Waals surface area (Å²) in [5.74, 6) is 1.46. The second-order valence-corrected chi connectivity index (χ2v) is 7.59. The summed E-state index contributed by atoms with van der Waals surface area (Å²) in [5, 5.41) is 2.86. The summed E-state index contributed by atoms with van der Waals surface area (Å²) >= 11 is 0. The van der Waals surface area contributed by atoms with Gasteiger partial charge >= 0.3 is 6.03 Å². The Bertz CT molecular complexity index is 1120. The molecule has 0 spiro atoms. The first-order chi connectivity index (χ1) is 15.1. The Morgan fingerprint density at radius 1 is 1.23 bits per heavy atom. The predicted molar refractivity (Wildman–Crippen MR) is 118 cm³/mol. The maximum Gasteiger partial charge on any atom is 0.329 e. The van der Waals surface area contributed by atoms with Crippen LogP contribution < -0.4 is 19.9 Å². The van der Waals surface area contributed by atoms with Gasteiger partial charge in [-0.25, -0.2) is 19.7 Å². The smallest absolute Gasteiger partial charge is 0.329 e. The van der Waals surface area contributed by atoms with Gasteiger partial charge in [0.15, 0.2) is 11.6 Å². The number of aryl methyl sites for hydroxylation is 1. The molecule has 158 valence electrons. The number of hydrogen-bond acceptors (Lipinski definition) is 7. The van der Waals surface area contributed by atoms with E-state index in [1.165, 1.54) is 12.4 Å². The van der Waals surface area contributed by atoms with Crippen molar-refractivity contribution in [2.45, 2.75) is 26.3 Å². The third-order valence-electron chi connectivity index (χ3n) is 5.52. The van der Waals surface area contributed by atoms with E-state index in [1.54, 1.807) is 11.1 Å². The third-order valence-corrected chi connectivity index (χ3v) is 5.52. The van der Waals surface area contributed by atoms with Crippen molar-refractivity contribution in [3.8, 4) is 17.1 Å². The molecule has 0 saturated carbocycles. The van der Waals surface area contributed by atoms with Gasteiger partial charge in [-0.05, 0) is 44.5 Å². The minimum Gasteiger partial charge on any atom is -0.477 e. The van der Waals surface area contributed by atoms with Crippen LogP contribution in [0, 0.1) is 6.92 Å². The number of urea groups is 1. The summed E-state index contributed by atoms with van der Waals surface area (Å²) in [5.41, 5.74) is 3.67. The molecule has 0 radical (unpaired) electrons. The molecule has 1 N–H and O–H groups in total. The first kappa shape index (κ1) is 19.2. The Kier molecular flexibility index (Phi) is 4.85. The van der Waals surface area contributed by atoms with Crippen LogP contribution in [0.15, 0.2) is 42.9 Å². The van der Waals surface area contributed by atoms with Gasteiger partial charge in [-0.2, -0.15) is 0 Å². The van der Waals surface area contributed by atoms with Crippen molar-refractivity contribution in [2.75, 3.05) is 34.8 Å². The number of hydrogen-bond donors (Lipinski definition) is 1. The van der Waals surface area contributed by atoms with E-state index in [2.05, 4.69) is 25.2 Å². The fraction of sp³-hybridized carbons (Fsp3) is 0.318. The molecule has 0 aromatic carbocycles. The molecule has 9 nitrogen and oxygen atoms in total. The van der Waals surface area contributed by atoms with E-state index >= 15 is 0 Å². The predicted octanol–water partition coefficient (Wildman–Crippen LogP) is 3.27. The van der Waals surface area contributed by atoms with Crippen LogP contribution in [0.3, 0.4) is 0 Å². The standard InChI is InChI=1S/C22H23N7O2/c1-3-31-20-12-24-19(11-25-20)27-22(30)29-16-7-9-28(13-16)18-5-4-17(26-21(18)29)15-6-8-23-14(2)10-15/h4-6,8,10-12,16H,3,7,9,13H2,1-2H3,(H,24,27,30)/t16-/m0/s1. The molecule has 3 aromatic heterocycles. The molecule has 5 rings (SSSR count). The highest BCUT2D eigenvalue weighted by atomic mass is 16.5. The lowest BCUT2D eigenvalue weighted by Crippen LogP contribution is -2.48. The molecule has 1 fully saturated rings. The van der Waals surface area contributed by atoms with Gasteiger partial charge in [0.05, 0.1) is 36.4 Å². The monoisotopic (exact) mass is 417 g/mol. The fourth-order valence-electron chi connectivity index (χ4n) is 4.11. The largest absolute Gasteiger partial charge is 0.477 e. The van der Waals surface area contributed by atoms with Gasteiger partial charge < -0.3 is 9.64 Å². The minimum atomic E-state index is -0.262. The molecule has 31 heavy (non-hydrogen) atoms. The van der Waals surface area contributed by atoms with Crippen molar-refractivity contribution in [2.24, 2.45) is 0 Å². The van der Waals surface area contributed by atoms with Crippen molar-refractivity contribution < 1.29 is 9.53 Å². The number of amides is 2. The van der Waals surface area contributed by atoms with Crippen LogP contribution in [-0.4, -0.2) is 51.7 Å². The molecular formula is C22H23N7O2. The number of carbonyl (C=O) groups excluding carboxylic acids is 1. The van der Waals surface area contributed by atoms with E-state index in [0.717, 1.165) is 42.1 Å². The van der Waals surface area contributed by atoms with Crippen molar-refractivity contribution in [1.29, 1.82) is 0 Å². The summed E-state index contributed by atoms with van der Waals surface area (Å²) in [6.07, 6.45) is 5.66. The summed E-state index contributed by atoms with van der Waals surface area (Å²) in [6, 6.07) is 7.77. The second-order valence-electron chi connectivity index (χ2n) is 7.59. The average molecular weight is 417 g/mol. The van der Waals surface area contributed by atoms with Crippen LogP contribution in [0.2, 0.25) is 0 Å². The normalized spacial score (nSPS) is 16.8. The Balaban J connectivity index is 1.46. The highest BCUT2D eigenvalue weighted by molar-refractivity contribution is 6.04. The third kappa shape index (κ3) is 3.63. The molecule has 2 amide bonds. The van der Waals surface area contributed by atoms with E-state index in [1.807, 2.05) is 38.1 Å². The lowest BCUT2D eigenvalue weighted by Gasteiger charge is -2.35. The molecule has 9 heteroatoms. The Morgan fingerprint density at radius 2 is 2.13 bits per heavy atom. The lowest BCUT2D eigenvalue weighted by molar-refractivity contribution is 0.254. The zero-order valence-corrected chi connectivity index (χ0v) is 17.4. The molecule has 1 saturated heterocycles. The quantitative estimate of drug-likeness (QED) is 0.696. The number of anilines is 3. The molecule has 2 aliphatic rings. The van der Waals surface area contributed by atoms with Gasteiger partial charge in [-0.15, -0.1) is 0 Å². The number of aromatic nitrogens is 4. The van der Waals surface area contributed by atoms with Gasteiger partial charge in [0.2, 0.25) is 5.88 Å². The van der Waals surface area contributed by atoms with Crippen LogP contribution in [0.5, 0.6) is 5.88 Å². The summed E-state index contributed by atoms with van der Waals surface area (Å²) < 4.78 is 5.32. The summed E-state index contributed by atoms with van der Waals surface area (Å²) in [6.45, 7) is 6.04. The zero-order chi connectivity index (χ0) is 21.4. The van der Waals surface area contributed by atoms with Crippen LogP contribution in [0.1, 0.15) is 19.0 Å². The van der Waals surface area contributed by atoms with Gasteiger partial charge in [-0.3, -0.25) is 15.2 Å². The number of ether oxygens (including phenoxy) is 1. The van der Waals surface area contributed by atoms with Gasteiger partial charge in [0, 0.05) is 30.5 Å². The zero-order valence-electron chi connectivity index (χ0n) is 17.4. The number of rotatable bonds is 4. The van der Waals surface area contributed by atoms with E-state index in [9.17, 15) is 4.79 Å². The summed E-state index contributed by atoms with van der Waals surface area (Å²) in [7, 11) is 0. The van der Waals surface area contributed by atoms with Crippen LogP contribution in [0.4, 0.5) is 22.1 Å². The molecule has 3 aromatic rings. The highest BCUT2D eigenvalue weighted by Crippen LogP contribution is 2.40. The van der Waals surface area contributed by atoms with Crippen molar-refractivity contribution in [3.05, 3.63) is 48.5 Å². The van der Waals surface area contributed by atoms with Gasteiger partial charge in [0.25, 0.3) is 0 Å². The molecule has 2 bridgehead atoms. The summed E-state index contributed by atoms with van der Waals surface area (Å²) in [4.78, 5) is 34.9. The van der Waals surface area contributed by atoms with Gasteiger partial charge in [-0.1, -0.05) is 0 Å². The SMILES string of the molecule is CCOc1cnc(NC(=O)N2c3nc(-c4ccnc(C)c4)ccc3N3CC[C@H]2C3)cn1. The van der Waals surface area contributed by atoms with Crippen LogP contribution in [0.25, 0.3) is 11.3 Å². The van der Waals surface area contributed by atoms with E-state index in [0.29, 0.717) is 24.1 Å². The minimum absolute atomic E-state index is 0.0603. The van der Waals surface area contributed by atoms with E-state index < -0.39 is 0 Å². The molecule has 0 aliphatic carbocycles. The lowest BCUT2D eigenvalue weighted by atomic mass is 10.1. The van der Waals surface area contributed by atoms with Crippen LogP contribution >= 0.6 is 0 Å². The topological polar surface area (TPSA) is 96.4 Å². The van der Waals surface area contributed by atoms with Crippen molar-refractivity contribution >= 4 is 23.4 Å². The first-order valence-corrected chi connectivity index (χ1v) is 10.4. The van der Waals surface area contributed by atoms with Crippen LogP contribution in [-0.2, 0) is 0 Å². The fourth-order valence-corrected chi connectivity index (χ4v) is 4.11. The number of fused-ring (bicyclic) bond motifs is 4. The Morgan fingerprint density at radius 3 is 2.90 bits per heavy atom. The van der Waals surface area contributed by atoms with Crippen molar-refractivity contribution in [1.82, 2.24) is 19.9 Å². The number of nitrogens with one attached hydrogen (secondary N) is 1. The number of pyridine rings is 2. The van der Waals surface area contributed by atoms with E-state index in [4.69, 9.17) is 9.72 Å². The average Bonchev–Trinajstić information content (AvgIpc) is 3.19. The number of nitrogens with zero attached hydrogens (tertiary/aromatic N) is 6. The molecular weight excluding hydrogens is 394 g/mol. The molecule has 2 aliphatic heterocycles. The van der Waals surface area contributed by atoms with E-state index in [-0.39, 0.29) is 12.1 Å². The number of carbonyl (C=O) groups is 1. The second kappa shape index (κ2) is 7.82. The maximum absolute atomic E-state index is 13.3. The molecule has 0 unspecified atom stereocenters. The molecule has 1 atom stereocenters. The van der Waals surface area contributed by atoms with Crippen molar-refractivity contribution in [3.63, 3.8) is 0 Å². The Labute approximate surface area is 180 Å². The highest BCUT2D eigenvalue weighted by Gasteiger charge is 2.40.